The average Bonchev–Trinajstić information content (AvgIpc) is 3.14. The van der Waals surface area contributed by atoms with Crippen LogP contribution in [0.15, 0.2) is 85.1 Å². The number of fused-ring (bicyclic) bond motifs is 6. The molecule has 1 aliphatic heterocycles. The Morgan fingerprint density at radius 1 is 0.871 bits per heavy atom. The van der Waals surface area contributed by atoms with Crippen LogP contribution >= 0.6 is 11.3 Å². The molecule has 6 rings (SSSR count). The van der Waals surface area contributed by atoms with Gasteiger partial charge in [-0.25, -0.2) is 4.98 Å². The van der Waals surface area contributed by atoms with Crippen molar-refractivity contribution in [1.29, 1.82) is 0 Å². The molecule has 0 spiro atoms. The van der Waals surface area contributed by atoms with Gasteiger partial charge in [0.2, 0.25) is 11.0 Å². The van der Waals surface area contributed by atoms with Crippen LogP contribution in [0.5, 0.6) is 11.5 Å². The van der Waals surface area contributed by atoms with E-state index >= 15 is 0 Å². The van der Waals surface area contributed by atoms with Crippen LogP contribution in [0.2, 0.25) is 0 Å². The molecule has 0 amide bonds. The fourth-order valence-electron chi connectivity index (χ4n) is 3.39. The number of nitrogens with zero attached hydrogens (tertiary/aromatic N) is 1. The number of ether oxygens (including phenoxy) is 1. The number of hydrogen-bond donors (Lipinski definition) is 0. The van der Waals surface area contributed by atoms with Crippen LogP contribution in [-0.4, -0.2) is 0 Å². The van der Waals surface area contributed by atoms with Crippen LogP contribution in [0.4, 0.5) is 0 Å². The van der Waals surface area contributed by atoms with Crippen LogP contribution < -0.4 is 38.3 Å². The number of benzene rings is 3. The van der Waals surface area contributed by atoms with Crippen molar-refractivity contribution in [3.05, 3.63) is 85.1 Å². The molecule has 0 unspecified atom stereocenters. The SMILES string of the molecule is C.C.[Li+].[O-]c1cccc2ccc[nH+]c12.c1ccc2c(c1)OC[n+]1c-2sc2ccccc21. The molecule has 0 bridgehead atoms. The molecular formula is C25H25LiN2O2S+2. The second-order valence-electron chi connectivity index (χ2n) is 6.46. The Kier molecular flexibility index (Phi) is 8.24. The third-order valence-electron chi connectivity index (χ3n) is 4.73. The fourth-order valence-corrected chi connectivity index (χ4v) is 4.57. The van der Waals surface area contributed by atoms with Gasteiger partial charge in [0, 0.05) is 17.5 Å². The molecule has 1 aliphatic rings. The Labute approximate surface area is 199 Å². The van der Waals surface area contributed by atoms with Crippen molar-refractivity contribution in [2.24, 2.45) is 0 Å². The van der Waals surface area contributed by atoms with Gasteiger partial charge in [0.05, 0.1) is 5.56 Å². The number of nitrogens with one attached hydrogen (secondary N) is 1. The van der Waals surface area contributed by atoms with Crippen LogP contribution in [0.3, 0.4) is 0 Å². The van der Waals surface area contributed by atoms with E-state index in [1.807, 2.05) is 41.7 Å². The van der Waals surface area contributed by atoms with E-state index in [9.17, 15) is 5.11 Å². The van der Waals surface area contributed by atoms with Crippen LogP contribution in [0.25, 0.3) is 31.7 Å². The molecule has 0 saturated heterocycles. The van der Waals surface area contributed by atoms with E-state index in [0.29, 0.717) is 12.2 Å². The van der Waals surface area contributed by atoms with Crippen molar-refractivity contribution in [1.82, 2.24) is 0 Å². The van der Waals surface area contributed by atoms with E-state index in [1.165, 1.54) is 20.8 Å². The van der Waals surface area contributed by atoms with Gasteiger partial charge in [0.1, 0.15) is 10.4 Å². The van der Waals surface area contributed by atoms with Crippen molar-refractivity contribution in [2.75, 3.05) is 0 Å². The molecule has 152 valence electrons. The normalized spacial score (nSPS) is 10.7. The molecule has 31 heavy (non-hydrogen) atoms. The largest absolute Gasteiger partial charge is 1.00 e. The summed E-state index contributed by atoms with van der Waals surface area (Å²) in [5.41, 5.74) is 3.12. The number of rotatable bonds is 0. The maximum atomic E-state index is 11.1. The Hall–Kier alpha value is -2.84. The number of thiazole rings is 1. The fraction of sp³-hybridized carbons (Fsp3) is 0.120. The predicted molar refractivity (Wildman–Crippen MR) is 121 cm³/mol. The molecule has 2 aromatic heterocycles. The summed E-state index contributed by atoms with van der Waals surface area (Å²) in [5, 5.41) is 13.4. The molecule has 6 heteroatoms. The maximum Gasteiger partial charge on any atom is 1.00 e. The van der Waals surface area contributed by atoms with Gasteiger partial charge >= 0.3 is 18.9 Å². The number of pyridine rings is 1. The summed E-state index contributed by atoms with van der Waals surface area (Å²) in [7, 11) is 0. The predicted octanol–water partition coefficient (Wildman–Crippen LogP) is 2.21. The minimum absolute atomic E-state index is 0. The molecule has 4 nitrogen and oxygen atoms in total. The van der Waals surface area contributed by atoms with Crippen molar-refractivity contribution < 1.29 is 38.3 Å². The summed E-state index contributed by atoms with van der Waals surface area (Å²) in [6.07, 6.45) is 1.75. The first kappa shape index (κ1) is 24.4. The van der Waals surface area contributed by atoms with Crippen molar-refractivity contribution in [3.63, 3.8) is 0 Å². The first-order chi connectivity index (χ1) is 13.8. The van der Waals surface area contributed by atoms with Crippen LogP contribution in [0.1, 0.15) is 14.9 Å². The first-order valence-electron chi connectivity index (χ1n) is 9.01. The summed E-state index contributed by atoms with van der Waals surface area (Å²) in [6.45, 7) is 0.608. The Morgan fingerprint density at radius 3 is 2.45 bits per heavy atom. The zero-order chi connectivity index (χ0) is 18.9. The number of aromatic amines is 1. The molecule has 0 aliphatic carbocycles. The number of aromatic nitrogens is 2. The van der Waals surface area contributed by atoms with E-state index < -0.39 is 0 Å². The zero-order valence-electron chi connectivity index (χ0n) is 16.0. The van der Waals surface area contributed by atoms with Gasteiger partial charge < -0.3 is 9.84 Å². The minimum atomic E-state index is 0. The van der Waals surface area contributed by atoms with Gasteiger partial charge in [0.25, 0.3) is 11.7 Å². The quantitative estimate of drug-likeness (QED) is 0.283. The average molecular weight is 424 g/mol. The molecule has 0 radical (unpaired) electrons. The second kappa shape index (κ2) is 10.5. The van der Waals surface area contributed by atoms with E-state index in [0.717, 1.165) is 11.1 Å². The van der Waals surface area contributed by atoms with Gasteiger partial charge in [0.15, 0.2) is 6.20 Å². The topological polar surface area (TPSA) is 50.3 Å². The standard InChI is InChI=1S/C14H10NOS.C9H7NO.2CH4.Li/c1-3-7-12-10(5-1)14-15(9-16-12)11-6-2-4-8-13(11)17-14;11-8-5-1-3-7-4-2-6-10-9(7)8;;;/h1-8H,9H2;1-6,11H;2*1H4;/q+1;;;;+1. The summed E-state index contributed by atoms with van der Waals surface area (Å²) >= 11 is 1.83. The molecule has 1 N–H and O–H groups in total. The second-order valence-corrected chi connectivity index (χ2v) is 7.49. The van der Waals surface area contributed by atoms with Crippen molar-refractivity contribution in [2.45, 2.75) is 21.6 Å². The first-order valence-corrected chi connectivity index (χ1v) is 9.83. The van der Waals surface area contributed by atoms with Gasteiger partial charge in [-0.2, -0.15) is 0 Å². The maximum absolute atomic E-state index is 11.1. The number of para-hydroxylation sites is 3. The molecule has 5 aromatic rings. The summed E-state index contributed by atoms with van der Waals surface area (Å²) < 4.78 is 9.33. The van der Waals surface area contributed by atoms with E-state index in [4.69, 9.17) is 4.74 Å². The zero-order valence-corrected chi connectivity index (χ0v) is 16.8. The monoisotopic (exact) mass is 424 g/mol. The van der Waals surface area contributed by atoms with Gasteiger partial charge in [-0.1, -0.05) is 62.6 Å². The smallest absolute Gasteiger partial charge is 0.868 e. The third kappa shape index (κ3) is 4.60. The van der Waals surface area contributed by atoms with E-state index in [2.05, 4.69) is 45.9 Å². The molecule has 3 heterocycles. The number of hydrogen-bond acceptors (Lipinski definition) is 3. The van der Waals surface area contributed by atoms with E-state index in [1.54, 1.807) is 18.3 Å². The molecule has 3 aromatic carbocycles. The Bertz CT molecular complexity index is 1300. The summed E-state index contributed by atoms with van der Waals surface area (Å²) in [5.74, 6) is 1.03. The summed E-state index contributed by atoms with van der Waals surface area (Å²) in [6, 6.07) is 25.7. The molecule has 0 saturated carbocycles. The molecular weight excluding hydrogens is 399 g/mol. The third-order valence-corrected chi connectivity index (χ3v) is 5.93. The number of H-pyrrole nitrogens is 1. The van der Waals surface area contributed by atoms with Gasteiger partial charge in [-0.3, -0.25) is 0 Å². The van der Waals surface area contributed by atoms with Crippen molar-refractivity contribution >= 4 is 32.5 Å². The van der Waals surface area contributed by atoms with E-state index in [-0.39, 0.29) is 39.5 Å². The molecule has 0 atom stereocenters. The summed E-state index contributed by atoms with van der Waals surface area (Å²) in [4.78, 5) is 2.91. The Morgan fingerprint density at radius 2 is 1.61 bits per heavy atom. The molecule has 0 fully saturated rings. The van der Waals surface area contributed by atoms with Crippen molar-refractivity contribution in [3.8, 4) is 22.1 Å². The Balaban J connectivity index is 0.000000216. The van der Waals surface area contributed by atoms with Gasteiger partial charge in [-0.15, -0.1) is 4.57 Å². The van der Waals surface area contributed by atoms with Crippen LogP contribution in [-0.2, 0) is 6.73 Å². The van der Waals surface area contributed by atoms with Gasteiger partial charge in [-0.05, 0) is 36.1 Å². The minimum Gasteiger partial charge on any atom is -0.868 e. The van der Waals surface area contributed by atoms with Crippen LogP contribution in [0, 0.1) is 0 Å².